The molecule has 3 nitrogen and oxygen atoms in total. The van der Waals surface area contributed by atoms with Crippen LogP contribution in [0, 0.1) is 18.3 Å². The summed E-state index contributed by atoms with van der Waals surface area (Å²) in [5.41, 5.74) is 11.3. The highest BCUT2D eigenvalue weighted by Crippen LogP contribution is 2.37. The lowest BCUT2D eigenvalue weighted by Crippen LogP contribution is -2.37. The second-order valence-corrected chi connectivity index (χ2v) is 10.5. The molecule has 0 bridgehead atoms. The molecule has 184 valence electrons. The molecule has 0 aliphatic rings. The van der Waals surface area contributed by atoms with Crippen LogP contribution in [0.3, 0.4) is 0 Å². The summed E-state index contributed by atoms with van der Waals surface area (Å²) in [5, 5.41) is 10.2. The van der Waals surface area contributed by atoms with Crippen molar-refractivity contribution >= 4 is 11.0 Å². The number of aromatic nitrogens is 2. The summed E-state index contributed by atoms with van der Waals surface area (Å²) in [6.45, 7) is 11.2. The number of hydrogen-bond acceptors (Lipinski definition) is 1. The molecule has 0 atom stereocenters. The van der Waals surface area contributed by atoms with Gasteiger partial charge in [0.25, 0.3) is 5.82 Å². The summed E-state index contributed by atoms with van der Waals surface area (Å²) in [7, 11) is 2.12. The fraction of sp³-hybridized carbons (Fsp3) is 0.235. The van der Waals surface area contributed by atoms with Crippen molar-refractivity contribution in [3.8, 4) is 34.3 Å². The summed E-state index contributed by atoms with van der Waals surface area (Å²) < 4.78 is 4.62. The third-order valence-corrected chi connectivity index (χ3v) is 7.38. The molecule has 1 heterocycles. The Morgan fingerprint density at radius 1 is 0.757 bits per heavy atom. The minimum Gasteiger partial charge on any atom is -0.225 e. The number of hydrogen-bond donors (Lipinski definition) is 0. The second-order valence-electron chi connectivity index (χ2n) is 10.5. The van der Waals surface area contributed by atoms with E-state index in [1.54, 1.807) is 0 Å². The maximum Gasteiger partial charge on any atom is 0.295 e. The first-order chi connectivity index (χ1) is 17.8. The lowest BCUT2D eigenvalue weighted by molar-refractivity contribution is -0.557. The van der Waals surface area contributed by atoms with Gasteiger partial charge in [-0.2, -0.15) is 9.83 Å². The quantitative estimate of drug-likeness (QED) is 0.231. The minimum atomic E-state index is 0.290. The summed E-state index contributed by atoms with van der Waals surface area (Å²) >= 11 is 0. The maximum atomic E-state index is 10.2. The summed E-state index contributed by atoms with van der Waals surface area (Å²) in [5.74, 6) is 1.67. The van der Waals surface area contributed by atoms with Crippen molar-refractivity contribution in [1.82, 2.24) is 4.57 Å². The van der Waals surface area contributed by atoms with E-state index in [-0.39, 0.29) is 11.8 Å². The molecule has 0 aliphatic carbocycles. The lowest BCUT2D eigenvalue weighted by atomic mass is 9.88. The molecule has 0 unspecified atom stereocenters. The average Bonchev–Trinajstić information content (AvgIpc) is 3.20. The van der Waals surface area contributed by atoms with E-state index in [4.69, 9.17) is 0 Å². The molecule has 5 aromatic rings. The Morgan fingerprint density at radius 3 is 1.97 bits per heavy atom. The van der Waals surface area contributed by atoms with Crippen molar-refractivity contribution in [1.29, 1.82) is 5.26 Å². The van der Waals surface area contributed by atoms with Gasteiger partial charge in [0.15, 0.2) is 11.0 Å². The van der Waals surface area contributed by atoms with Crippen LogP contribution < -0.4 is 4.57 Å². The Balaban J connectivity index is 2.00. The molecule has 0 spiro atoms. The zero-order chi connectivity index (χ0) is 26.3. The molecule has 0 saturated heterocycles. The van der Waals surface area contributed by atoms with Crippen molar-refractivity contribution in [2.45, 2.75) is 46.5 Å². The van der Waals surface area contributed by atoms with Gasteiger partial charge in [-0.15, -0.1) is 0 Å². The van der Waals surface area contributed by atoms with Crippen molar-refractivity contribution in [2.75, 3.05) is 0 Å². The van der Waals surface area contributed by atoms with E-state index in [0.29, 0.717) is 5.56 Å². The molecule has 0 saturated carbocycles. The van der Waals surface area contributed by atoms with Gasteiger partial charge < -0.3 is 0 Å². The van der Waals surface area contributed by atoms with Gasteiger partial charge in [0, 0.05) is 11.1 Å². The summed E-state index contributed by atoms with van der Waals surface area (Å²) in [4.78, 5) is 0. The van der Waals surface area contributed by atoms with Gasteiger partial charge in [-0.25, -0.2) is 4.57 Å². The van der Waals surface area contributed by atoms with Crippen molar-refractivity contribution < 1.29 is 4.57 Å². The fourth-order valence-electron chi connectivity index (χ4n) is 5.46. The van der Waals surface area contributed by atoms with Gasteiger partial charge in [-0.1, -0.05) is 82.3 Å². The summed E-state index contributed by atoms with van der Waals surface area (Å²) in [6.07, 6.45) is 0. The number of fused-ring (bicyclic) bond motifs is 1. The highest BCUT2D eigenvalue weighted by Gasteiger charge is 2.33. The Morgan fingerprint density at radius 2 is 1.38 bits per heavy atom. The molecule has 0 N–H and O–H groups in total. The van der Waals surface area contributed by atoms with Gasteiger partial charge in [0.1, 0.15) is 17.3 Å². The van der Waals surface area contributed by atoms with Crippen molar-refractivity contribution in [3.63, 3.8) is 0 Å². The molecule has 0 amide bonds. The largest absolute Gasteiger partial charge is 0.295 e. The van der Waals surface area contributed by atoms with E-state index >= 15 is 0 Å². The number of imidazole rings is 1. The molecular weight excluding hydrogens is 450 g/mol. The SMILES string of the molecule is Cc1ccccc1-c1n(C)c2cccc(C#N)c2[n+]1-c1c(C(C)C)cc(-c2ccccc2)cc1C(C)C. The van der Waals surface area contributed by atoms with Crippen molar-refractivity contribution in [3.05, 3.63) is 107 Å². The van der Waals surface area contributed by atoms with Crippen LogP contribution in [0.4, 0.5) is 0 Å². The molecule has 1 aromatic heterocycles. The van der Waals surface area contributed by atoms with Crippen molar-refractivity contribution in [2.24, 2.45) is 7.05 Å². The van der Waals surface area contributed by atoms with Gasteiger partial charge in [0.05, 0.1) is 12.6 Å². The van der Waals surface area contributed by atoms with E-state index in [2.05, 4.69) is 130 Å². The van der Waals surface area contributed by atoms with E-state index < -0.39 is 0 Å². The maximum absolute atomic E-state index is 10.2. The average molecular weight is 485 g/mol. The first-order valence-corrected chi connectivity index (χ1v) is 13.1. The van der Waals surface area contributed by atoms with Crippen LogP contribution in [0.1, 0.15) is 61.8 Å². The highest BCUT2D eigenvalue weighted by atomic mass is 15.2. The number of nitriles is 1. The van der Waals surface area contributed by atoms with Gasteiger partial charge in [-0.05, 0) is 65.8 Å². The Labute approximate surface area is 220 Å². The van der Waals surface area contributed by atoms with Gasteiger partial charge >= 0.3 is 0 Å². The second kappa shape index (κ2) is 9.71. The van der Waals surface area contributed by atoms with Crippen LogP contribution in [-0.2, 0) is 7.05 Å². The van der Waals surface area contributed by atoms with Crippen LogP contribution in [-0.4, -0.2) is 4.57 Å². The van der Waals surface area contributed by atoms with Crippen LogP contribution in [0.15, 0.2) is 84.9 Å². The molecule has 5 rings (SSSR count). The van der Waals surface area contributed by atoms with Gasteiger partial charge in [0.2, 0.25) is 0 Å². The van der Waals surface area contributed by atoms with E-state index in [1.807, 2.05) is 12.1 Å². The number of nitrogens with zero attached hydrogens (tertiary/aromatic N) is 3. The van der Waals surface area contributed by atoms with Crippen LogP contribution in [0.25, 0.3) is 39.2 Å². The monoisotopic (exact) mass is 484 g/mol. The molecule has 37 heavy (non-hydrogen) atoms. The molecule has 0 fully saturated rings. The molecular formula is C34H34N3+. The van der Waals surface area contributed by atoms with Crippen LogP contribution >= 0.6 is 0 Å². The minimum absolute atomic E-state index is 0.290. The predicted molar refractivity (Wildman–Crippen MR) is 153 cm³/mol. The van der Waals surface area contributed by atoms with E-state index in [0.717, 1.165) is 16.9 Å². The molecule has 0 aliphatic heterocycles. The summed E-state index contributed by atoms with van der Waals surface area (Å²) in [6, 6.07) is 32.4. The zero-order valence-corrected chi connectivity index (χ0v) is 22.6. The third-order valence-electron chi connectivity index (χ3n) is 7.38. The lowest BCUT2D eigenvalue weighted by Gasteiger charge is -2.21. The Bertz CT molecular complexity index is 1620. The van der Waals surface area contributed by atoms with Crippen LogP contribution in [0.5, 0.6) is 0 Å². The standard InChI is InChI=1S/C34H34N3/c1-22(2)29-19-27(25-14-8-7-9-15-25)20-30(23(3)4)33(29)37-32-26(21-35)16-12-18-31(32)36(6)34(37)28-17-11-10-13-24(28)5/h7-20,22-23H,1-6H3/q+1. The predicted octanol–water partition coefficient (Wildman–Crippen LogP) is 8.22. The molecule has 3 heteroatoms. The zero-order valence-electron chi connectivity index (χ0n) is 22.6. The first kappa shape index (κ1) is 24.5. The number of rotatable bonds is 5. The fourth-order valence-corrected chi connectivity index (χ4v) is 5.46. The highest BCUT2D eigenvalue weighted by molar-refractivity contribution is 5.83. The number of para-hydroxylation sites is 1. The van der Waals surface area contributed by atoms with E-state index in [9.17, 15) is 5.26 Å². The van der Waals surface area contributed by atoms with E-state index in [1.165, 1.54) is 39.1 Å². The van der Waals surface area contributed by atoms with Crippen LogP contribution in [0.2, 0.25) is 0 Å². The topological polar surface area (TPSA) is 32.6 Å². The molecule has 0 radical (unpaired) electrons. The Kier molecular flexibility index (Phi) is 6.44. The van der Waals surface area contributed by atoms with Gasteiger partial charge in [-0.3, -0.25) is 0 Å². The molecule has 4 aromatic carbocycles. The normalized spacial score (nSPS) is 11.4. The Hall–Kier alpha value is -4.16. The third kappa shape index (κ3) is 4.13. The number of aryl methyl sites for hydroxylation is 2. The first-order valence-electron chi connectivity index (χ1n) is 13.1. The smallest absolute Gasteiger partial charge is 0.225 e. The number of benzene rings is 4.